The van der Waals surface area contributed by atoms with Gasteiger partial charge in [-0.25, -0.2) is 0 Å². The van der Waals surface area contributed by atoms with Gasteiger partial charge in [-0.3, -0.25) is 9.48 Å². The first kappa shape index (κ1) is 13.9. The van der Waals surface area contributed by atoms with Gasteiger partial charge >= 0.3 is 0 Å². The van der Waals surface area contributed by atoms with Crippen molar-refractivity contribution in [2.24, 2.45) is 18.9 Å². The number of amides is 1. The minimum atomic E-state index is 0.0194. The zero-order valence-corrected chi connectivity index (χ0v) is 12.3. The van der Waals surface area contributed by atoms with E-state index in [2.05, 4.69) is 18.9 Å². The fourth-order valence-electron chi connectivity index (χ4n) is 2.71. The maximum Gasteiger partial charge on any atom is 0.274 e. The van der Waals surface area contributed by atoms with Gasteiger partial charge in [0.1, 0.15) is 5.69 Å². The Kier molecular flexibility index (Phi) is 3.83. The van der Waals surface area contributed by atoms with E-state index in [-0.39, 0.29) is 5.91 Å². The van der Waals surface area contributed by atoms with Gasteiger partial charge < -0.3 is 10.6 Å². The maximum absolute atomic E-state index is 12.6. The van der Waals surface area contributed by atoms with Gasteiger partial charge in [-0.05, 0) is 24.7 Å². The zero-order valence-electron chi connectivity index (χ0n) is 12.3. The SMILES string of the molecule is CCc1nn(C)c(C(=O)N2CCC(C)C(C)C2)c1N. The summed E-state index contributed by atoms with van der Waals surface area (Å²) < 4.78 is 1.62. The molecule has 0 bridgehead atoms. The van der Waals surface area contributed by atoms with E-state index >= 15 is 0 Å². The monoisotopic (exact) mass is 264 g/mol. The van der Waals surface area contributed by atoms with Gasteiger partial charge in [0.2, 0.25) is 0 Å². The van der Waals surface area contributed by atoms with Crippen molar-refractivity contribution in [3.63, 3.8) is 0 Å². The largest absolute Gasteiger partial charge is 0.395 e. The van der Waals surface area contributed by atoms with Gasteiger partial charge in [-0.1, -0.05) is 20.8 Å². The molecule has 106 valence electrons. The number of carbonyl (C=O) groups is 1. The van der Waals surface area contributed by atoms with Gasteiger partial charge in [0.15, 0.2) is 0 Å². The number of nitrogens with zero attached hydrogens (tertiary/aromatic N) is 3. The van der Waals surface area contributed by atoms with Crippen LogP contribution in [0.15, 0.2) is 0 Å². The van der Waals surface area contributed by atoms with Crippen molar-refractivity contribution in [3.05, 3.63) is 11.4 Å². The van der Waals surface area contributed by atoms with Crippen molar-refractivity contribution in [2.75, 3.05) is 18.8 Å². The molecule has 19 heavy (non-hydrogen) atoms. The third kappa shape index (κ3) is 2.46. The highest BCUT2D eigenvalue weighted by atomic mass is 16.2. The standard InChI is InChI=1S/C14H24N4O/c1-5-11-12(15)13(17(4)16-11)14(19)18-7-6-9(2)10(3)8-18/h9-10H,5-8,15H2,1-4H3. The number of rotatable bonds is 2. The molecular formula is C14H24N4O. The van der Waals surface area contributed by atoms with E-state index in [1.54, 1.807) is 11.7 Å². The molecule has 1 saturated heterocycles. The summed E-state index contributed by atoms with van der Waals surface area (Å²) in [6.45, 7) is 8.08. The Balaban J connectivity index is 2.23. The first-order chi connectivity index (χ1) is 8.95. The Labute approximate surface area is 114 Å². The number of nitrogens with two attached hydrogens (primary N) is 1. The van der Waals surface area contributed by atoms with E-state index in [0.717, 1.165) is 31.6 Å². The van der Waals surface area contributed by atoms with Crippen LogP contribution in [0.25, 0.3) is 0 Å². The van der Waals surface area contributed by atoms with Crippen molar-refractivity contribution in [2.45, 2.75) is 33.6 Å². The molecule has 0 aliphatic carbocycles. The Bertz CT molecular complexity index is 480. The van der Waals surface area contributed by atoms with E-state index in [1.807, 2.05) is 11.8 Å². The third-order valence-corrected chi connectivity index (χ3v) is 4.32. The predicted octanol–water partition coefficient (Wildman–Crippen LogP) is 1.68. The van der Waals surface area contributed by atoms with E-state index in [4.69, 9.17) is 5.73 Å². The molecule has 0 spiro atoms. The van der Waals surface area contributed by atoms with Crippen LogP contribution in [0.5, 0.6) is 0 Å². The van der Waals surface area contributed by atoms with E-state index < -0.39 is 0 Å². The highest BCUT2D eigenvalue weighted by Gasteiger charge is 2.29. The lowest BCUT2D eigenvalue weighted by Gasteiger charge is -2.35. The Morgan fingerprint density at radius 2 is 2.11 bits per heavy atom. The van der Waals surface area contributed by atoms with Crippen LogP contribution in [-0.4, -0.2) is 33.7 Å². The molecule has 5 heteroatoms. The van der Waals surface area contributed by atoms with Gasteiger partial charge in [-0.15, -0.1) is 0 Å². The molecule has 1 aliphatic rings. The average molecular weight is 264 g/mol. The van der Waals surface area contributed by atoms with Crippen LogP contribution in [0.2, 0.25) is 0 Å². The van der Waals surface area contributed by atoms with E-state index in [0.29, 0.717) is 23.2 Å². The number of carbonyl (C=O) groups excluding carboxylic acids is 1. The molecular weight excluding hydrogens is 240 g/mol. The lowest BCUT2D eigenvalue weighted by molar-refractivity contribution is 0.0617. The van der Waals surface area contributed by atoms with Crippen molar-refractivity contribution in [3.8, 4) is 0 Å². The molecule has 2 heterocycles. The summed E-state index contributed by atoms with van der Waals surface area (Å²) in [6.07, 6.45) is 1.81. The number of aromatic nitrogens is 2. The molecule has 2 rings (SSSR count). The van der Waals surface area contributed by atoms with Crippen LogP contribution in [-0.2, 0) is 13.5 Å². The molecule has 2 N–H and O–H groups in total. The second kappa shape index (κ2) is 5.23. The summed E-state index contributed by atoms with van der Waals surface area (Å²) in [4.78, 5) is 14.5. The zero-order chi connectivity index (χ0) is 14.2. The van der Waals surface area contributed by atoms with E-state index in [1.165, 1.54) is 0 Å². The van der Waals surface area contributed by atoms with Crippen molar-refractivity contribution in [1.29, 1.82) is 0 Å². The molecule has 2 atom stereocenters. The molecule has 1 fully saturated rings. The van der Waals surface area contributed by atoms with Crippen LogP contribution in [0.3, 0.4) is 0 Å². The summed E-state index contributed by atoms with van der Waals surface area (Å²) in [5, 5.41) is 4.32. The van der Waals surface area contributed by atoms with Crippen LogP contribution < -0.4 is 5.73 Å². The maximum atomic E-state index is 12.6. The van der Waals surface area contributed by atoms with Crippen molar-refractivity contribution < 1.29 is 4.79 Å². The second-order valence-corrected chi connectivity index (χ2v) is 5.68. The van der Waals surface area contributed by atoms with Crippen LogP contribution in [0.1, 0.15) is 43.4 Å². The highest BCUT2D eigenvalue weighted by Crippen LogP contribution is 2.25. The summed E-state index contributed by atoms with van der Waals surface area (Å²) >= 11 is 0. The molecule has 0 radical (unpaired) electrons. The van der Waals surface area contributed by atoms with Gasteiger partial charge in [-0.2, -0.15) is 5.10 Å². The molecule has 1 aromatic heterocycles. The van der Waals surface area contributed by atoms with Crippen LogP contribution in [0, 0.1) is 11.8 Å². The number of anilines is 1. The first-order valence-electron chi connectivity index (χ1n) is 7.06. The Morgan fingerprint density at radius 1 is 1.42 bits per heavy atom. The summed E-state index contributed by atoms with van der Waals surface area (Å²) in [7, 11) is 1.79. The normalized spacial score (nSPS) is 23.7. The fraction of sp³-hybridized carbons (Fsp3) is 0.714. The van der Waals surface area contributed by atoms with Gasteiger partial charge in [0.05, 0.1) is 11.4 Å². The molecule has 1 aliphatic heterocycles. The average Bonchev–Trinajstić information content (AvgIpc) is 2.67. The lowest BCUT2D eigenvalue weighted by atomic mass is 9.88. The minimum Gasteiger partial charge on any atom is -0.395 e. The number of piperidine rings is 1. The molecule has 0 saturated carbocycles. The third-order valence-electron chi connectivity index (χ3n) is 4.32. The number of aryl methyl sites for hydroxylation is 2. The second-order valence-electron chi connectivity index (χ2n) is 5.68. The predicted molar refractivity (Wildman–Crippen MR) is 75.8 cm³/mol. The molecule has 5 nitrogen and oxygen atoms in total. The number of nitrogen functional groups attached to an aromatic ring is 1. The quantitative estimate of drug-likeness (QED) is 0.884. The molecule has 0 aromatic carbocycles. The smallest absolute Gasteiger partial charge is 0.274 e. The number of hydrogen-bond acceptors (Lipinski definition) is 3. The molecule has 1 aromatic rings. The topological polar surface area (TPSA) is 64.2 Å². The highest BCUT2D eigenvalue weighted by molar-refractivity contribution is 5.98. The molecule has 2 unspecified atom stereocenters. The van der Waals surface area contributed by atoms with Gasteiger partial charge in [0, 0.05) is 20.1 Å². The Hall–Kier alpha value is -1.52. The number of likely N-dealkylation sites (tertiary alicyclic amines) is 1. The first-order valence-corrected chi connectivity index (χ1v) is 7.06. The van der Waals surface area contributed by atoms with Crippen molar-refractivity contribution >= 4 is 11.6 Å². The summed E-state index contributed by atoms with van der Waals surface area (Å²) in [5.74, 6) is 1.24. The Morgan fingerprint density at radius 3 is 2.63 bits per heavy atom. The fourth-order valence-corrected chi connectivity index (χ4v) is 2.71. The van der Waals surface area contributed by atoms with Crippen LogP contribution in [0.4, 0.5) is 5.69 Å². The number of hydrogen-bond donors (Lipinski definition) is 1. The summed E-state index contributed by atoms with van der Waals surface area (Å²) in [6, 6.07) is 0. The summed E-state index contributed by atoms with van der Waals surface area (Å²) in [5.41, 5.74) is 7.95. The molecule has 1 amide bonds. The van der Waals surface area contributed by atoms with E-state index in [9.17, 15) is 4.79 Å². The minimum absolute atomic E-state index is 0.0194. The lowest BCUT2D eigenvalue weighted by Crippen LogP contribution is -2.43. The van der Waals surface area contributed by atoms with Crippen LogP contribution >= 0.6 is 0 Å². The van der Waals surface area contributed by atoms with Crippen molar-refractivity contribution in [1.82, 2.24) is 14.7 Å². The van der Waals surface area contributed by atoms with Gasteiger partial charge in [0.25, 0.3) is 5.91 Å².